The average Bonchev–Trinajstić information content (AvgIpc) is 2.71. The summed E-state index contributed by atoms with van der Waals surface area (Å²) in [5.41, 5.74) is 1.20. The lowest BCUT2D eigenvalue weighted by Gasteiger charge is -2.05. The second-order valence-corrected chi connectivity index (χ2v) is 4.29. The van der Waals surface area contributed by atoms with E-state index in [9.17, 15) is 0 Å². The highest BCUT2D eigenvalue weighted by molar-refractivity contribution is 9.10. The average molecular weight is 244 g/mol. The standard InChI is InChI=1S/C10H14BrNO/c1-2-8-9(12-10(11)13-8)7-5-3-4-6-7/h7H,2-6H2,1H3. The number of nitrogens with zero attached hydrogens (tertiary/aromatic N) is 1. The predicted octanol–water partition coefficient (Wildman–Crippen LogP) is 3.66. The van der Waals surface area contributed by atoms with Gasteiger partial charge in [-0.25, -0.2) is 4.98 Å². The number of oxazole rings is 1. The molecule has 0 bridgehead atoms. The maximum Gasteiger partial charge on any atom is 0.264 e. The minimum absolute atomic E-state index is 0.645. The molecule has 1 aromatic rings. The van der Waals surface area contributed by atoms with Crippen molar-refractivity contribution in [3.63, 3.8) is 0 Å². The summed E-state index contributed by atoms with van der Waals surface area (Å²) in [5.74, 6) is 1.73. The SMILES string of the molecule is CCc1oc(Br)nc1C1CCCC1. The molecule has 1 aromatic heterocycles. The molecular formula is C10H14BrNO. The van der Waals surface area contributed by atoms with Crippen LogP contribution >= 0.6 is 15.9 Å². The lowest BCUT2D eigenvalue weighted by Crippen LogP contribution is -1.96. The van der Waals surface area contributed by atoms with Crippen LogP contribution in [0.25, 0.3) is 0 Å². The van der Waals surface area contributed by atoms with Crippen molar-refractivity contribution in [3.8, 4) is 0 Å². The third kappa shape index (κ3) is 1.80. The zero-order valence-electron chi connectivity index (χ0n) is 7.85. The van der Waals surface area contributed by atoms with Crippen LogP contribution in [-0.2, 0) is 6.42 Å². The third-order valence-electron chi connectivity index (χ3n) is 2.76. The summed E-state index contributed by atoms with van der Waals surface area (Å²) in [4.78, 5) is 5.06. The Kier molecular flexibility index (Phi) is 2.72. The fourth-order valence-electron chi connectivity index (χ4n) is 2.11. The van der Waals surface area contributed by atoms with Gasteiger partial charge in [0.15, 0.2) is 0 Å². The van der Waals surface area contributed by atoms with Gasteiger partial charge in [-0.2, -0.15) is 0 Å². The Morgan fingerprint density at radius 1 is 1.46 bits per heavy atom. The summed E-state index contributed by atoms with van der Waals surface area (Å²) < 4.78 is 5.48. The van der Waals surface area contributed by atoms with Gasteiger partial charge in [-0.3, -0.25) is 0 Å². The predicted molar refractivity (Wildman–Crippen MR) is 54.8 cm³/mol. The molecule has 1 aliphatic rings. The molecule has 1 heterocycles. The largest absolute Gasteiger partial charge is 0.436 e. The van der Waals surface area contributed by atoms with Crippen molar-refractivity contribution < 1.29 is 4.42 Å². The van der Waals surface area contributed by atoms with Crippen molar-refractivity contribution in [2.75, 3.05) is 0 Å². The van der Waals surface area contributed by atoms with E-state index in [1.54, 1.807) is 0 Å². The van der Waals surface area contributed by atoms with Crippen LogP contribution in [0.2, 0.25) is 0 Å². The second kappa shape index (κ2) is 3.82. The highest BCUT2D eigenvalue weighted by Gasteiger charge is 2.23. The topological polar surface area (TPSA) is 26.0 Å². The van der Waals surface area contributed by atoms with E-state index in [0.717, 1.165) is 12.2 Å². The molecule has 13 heavy (non-hydrogen) atoms. The highest BCUT2D eigenvalue weighted by Crippen LogP contribution is 2.36. The van der Waals surface area contributed by atoms with Crippen LogP contribution in [0.5, 0.6) is 0 Å². The molecule has 0 atom stereocenters. The van der Waals surface area contributed by atoms with E-state index in [1.807, 2.05) is 0 Å². The summed E-state index contributed by atoms with van der Waals surface area (Å²) in [6, 6.07) is 0. The van der Waals surface area contributed by atoms with E-state index in [0.29, 0.717) is 10.7 Å². The van der Waals surface area contributed by atoms with E-state index >= 15 is 0 Å². The van der Waals surface area contributed by atoms with Gasteiger partial charge >= 0.3 is 0 Å². The van der Waals surface area contributed by atoms with Gasteiger partial charge in [-0.15, -0.1) is 0 Å². The van der Waals surface area contributed by atoms with Crippen molar-refractivity contribution in [3.05, 3.63) is 16.3 Å². The first-order chi connectivity index (χ1) is 6.31. The first-order valence-electron chi connectivity index (χ1n) is 4.96. The minimum atomic E-state index is 0.645. The Morgan fingerprint density at radius 2 is 2.15 bits per heavy atom. The molecule has 0 aliphatic heterocycles. The maximum absolute atomic E-state index is 5.48. The molecule has 1 saturated carbocycles. The Morgan fingerprint density at radius 3 is 2.77 bits per heavy atom. The molecule has 72 valence electrons. The van der Waals surface area contributed by atoms with Crippen molar-refractivity contribution >= 4 is 15.9 Å². The summed E-state index contributed by atoms with van der Waals surface area (Å²) in [6.07, 6.45) is 6.21. The number of hydrogen-bond donors (Lipinski definition) is 0. The first kappa shape index (κ1) is 9.25. The van der Waals surface area contributed by atoms with Crippen LogP contribution in [0.4, 0.5) is 0 Å². The molecule has 2 rings (SSSR count). The Balaban J connectivity index is 2.26. The van der Waals surface area contributed by atoms with E-state index < -0.39 is 0 Å². The van der Waals surface area contributed by atoms with E-state index in [-0.39, 0.29) is 0 Å². The highest BCUT2D eigenvalue weighted by atomic mass is 79.9. The molecule has 3 heteroatoms. The van der Waals surface area contributed by atoms with Crippen molar-refractivity contribution in [1.82, 2.24) is 4.98 Å². The van der Waals surface area contributed by atoms with Gasteiger partial charge in [0.25, 0.3) is 4.80 Å². The molecule has 2 nitrogen and oxygen atoms in total. The van der Waals surface area contributed by atoms with Gasteiger partial charge in [0.2, 0.25) is 0 Å². The molecule has 0 amide bonds. The number of rotatable bonds is 2. The van der Waals surface area contributed by atoms with Gasteiger partial charge < -0.3 is 4.42 Å². The van der Waals surface area contributed by atoms with Crippen LogP contribution in [0.3, 0.4) is 0 Å². The summed E-state index contributed by atoms with van der Waals surface area (Å²) in [7, 11) is 0. The van der Waals surface area contributed by atoms with Gasteiger partial charge in [-0.1, -0.05) is 19.8 Å². The first-order valence-corrected chi connectivity index (χ1v) is 5.75. The minimum Gasteiger partial charge on any atom is -0.436 e. The van der Waals surface area contributed by atoms with Crippen molar-refractivity contribution in [1.29, 1.82) is 0 Å². The fraction of sp³-hybridized carbons (Fsp3) is 0.700. The van der Waals surface area contributed by atoms with Crippen LogP contribution in [0.15, 0.2) is 9.22 Å². The molecular weight excluding hydrogens is 230 g/mol. The van der Waals surface area contributed by atoms with Gasteiger partial charge in [0.05, 0.1) is 5.69 Å². The normalized spacial score (nSPS) is 18.3. The van der Waals surface area contributed by atoms with E-state index in [2.05, 4.69) is 27.8 Å². The number of aromatic nitrogens is 1. The van der Waals surface area contributed by atoms with Crippen molar-refractivity contribution in [2.24, 2.45) is 0 Å². The summed E-state index contributed by atoms with van der Waals surface area (Å²) in [5, 5.41) is 0. The van der Waals surface area contributed by atoms with Crippen LogP contribution in [-0.4, -0.2) is 4.98 Å². The number of aryl methyl sites for hydroxylation is 1. The van der Waals surface area contributed by atoms with Crippen LogP contribution in [0.1, 0.15) is 50.0 Å². The van der Waals surface area contributed by atoms with Crippen molar-refractivity contribution in [2.45, 2.75) is 44.9 Å². The Labute approximate surface area is 86.9 Å². The molecule has 0 aromatic carbocycles. The number of hydrogen-bond acceptors (Lipinski definition) is 2. The molecule has 0 spiro atoms. The number of halogens is 1. The zero-order chi connectivity index (χ0) is 9.26. The molecule has 0 radical (unpaired) electrons. The zero-order valence-corrected chi connectivity index (χ0v) is 9.43. The molecule has 0 saturated heterocycles. The lowest BCUT2D eigenvalue weighted by molar-refractivity contribution is 0.480. The molecule has 0 unspecified atom stereocenters. The van der Waals surface area contributed by atoms with E-state index in [4.69, 9.17) is 4.42 Å². The smallest absolute Gasteiger partial charge is 0.264 e. The fourth-order valence-corrected chi connectivity index (χ4v) is 2.49. The molecule has 1 fully saturated rings. The summed E-state index contributed by atoms with van der Waals surface area (Å²) >= 11 is 3.29. The van der Waals surface area contributed by atoms with Gasteiger partial charge in [0, 0.05) is 28.3 Å². The maximum atomic E-state index is 5.48. The Bertz CT molecular complexity index is 289. The second-order valence-electron chi connectivity index (χ2n) is 3.61. The van der Waals surface area contributed by atoms with Crippen LogP contribution in [0, 0.1) is 0 Å². The molecule has 0 N–H and O–H groups in total. The van der Waals surface area contributed by atoms with Crippen LogP contribution < -0.4 is 0 Å². The summed E-state index contributed by atoms with van der Waals surface area (Å²) in [6.45, 7) is 2.12. The monoisotopic (exact) mass is 243 g/mol. The quantitative estimate of drug-likeness (QED) is 0.793. The van der Waals surface area contributed by atoms with Gasteiger partial charge in [-0.05, 0) is 12.8 Å². The van der Waals surface area contributed by atoms with E-state index in [1.165, 1.54) is 31.4 Å². The molecule has 1 aliphatic carbocycles. The van der Waals surface area contributed by atoms with Gasteiger partial charge in [0.1, 0.15) is 5.76 Å². The lowest BCUT2D eigenvalue weighted by atomic mass is 10.0. The Hall–Kier alpha value is -0.310. The third-order valence-corrected chi connectivity index (χ3v) is 3.10.